The Hall–Kier alpha value is -3.55. The molecule has 8 heteroatoms. The highest BCUT2D eigenvalue weighted by Crippen LogP contribution is 2.14. The molecule has 3 rings (SSSR count). The summed E-state index contributed by atoms with van der Waals surface area (Å²) in [5.41, 5.74) is 0.103. The zero-order chi connectivity index (χ0) is 19.6. The minimum Gasteiger partial charge on any atom is -0.462 e. The van der Waals surface area contributed by atoms with Gasteiger partial charge in [-0.05, 0) is 49.4 Å². The Balaban J connectivity index is 1.89. The Morgan fingerprint density at radius 3 is 2.56 bits per heavy atom. The molecule has 0 spiro atoms. The smallest absolute Gasteiger partial charge is 0.338 e. The number of carbonyl (C=O) groups is 2. The lowest BCUT2D eigenvalue weighted by Crippen LogP contribution is -2.26. The molecular formula is C19H16FN3O4. The summed E-state index contributed by atoms with van der Waals surface area (Å²) in [5.74, 6) is -1.78. The van der Waals surface area contributed by atoms with Gasteiger partial charge in [0.1, 0.15) is 5.82 Å². The Bertz CT molecular complexity index is 1090. The van der Waals surface area contributed by atoms with Crippen LogP contribution in [0.1, 0.15) is 27.8 Å². The number of hydrogen-bond donors (Lipinski definition) is 1. The summed E-state index contributed by atoms with van der Waals surface area (Å²) in [6, 6.07) is 9.72. The fourth-order valence-electron chi connectivity index (χ4n) is 2.59. The molecule has 1 aromatic heterocycles. The van der Waals surface area contributed by atoms with Crippen molar-refractivity contribution < 1.29 is 18.7 Å². The molecule has 27 heavy (non-hydrogen) atoms. The van der Waals surface area contributed by atoms with Gasteiger partial charge in [0, 0.05) is 12.7 Å². The van der Waals surface area contributed by atoms with Crippen LogP contribution in [0.15, 0.2) is 47.3 Å². The van der Waals surface area contributed by atoms with Crippen molar-refractivity contribution in [3.63, 3.8) is 0 Å². The van der Waals surface area contributed by atoms with E-state index in [0.29, 0.717) is 16.8 Å². The number of ether oxygens (including phenoxy) is 1. The molecule has 0 unspecified atom stereocenters. The number of nitrogens with one attached hydrogen (secondary N) is 1. The fourth-order valence-corrected chi connectivity index (χ4v) is 2.59. The van der Waals surface area contributed by atoms with Crippen LogP contribution < -0.4 is 10.7 Å². The lowest BCUT2D eigenvalue weighted by atomic mass is 10.1. The molecular weight excluding hydrogens is 353 g/mol. The lowest BCUT2D eigenvalue weighted by Gasteiger charge is -2.09. The number of nitrogens with zero attached hydrogens (tertiary/aromatic N) is 2. The van der Waals surface area contributed by atoms with Crippen LogP contribution in [0.25, 0.3) is 10.9 Å². The van der Waals surface area contributed by atoms with E-state index in [1.54, 1.807) is 14.0 Å². The van der Waals surface area contributed by atoms with Crippen molar-refractivity contribution in [2.75, 3.05) is 11.9 Å². The second-order valence-corrected chi connectivity index (χ2v) is 5.71. The fraction of sp³-hybridized carbons (Fsp3) is 0.158. The van der Waals surface area contributed by atoms with E-state index >= 15 is 0 Å². The minimum atomic E-state index is -0.731. The maximum atomic E-state index is 13.5. The predicted molar refractivity (Wildman–Crippen MR) is 97.3 cm³/mol. The summed E-state index contributed by atoms with van der Waals surface area (Å²) >= 11 is 0. The van der Waals surface area contributed by atoms with Gasteiger partial charge in [0.2, 0.25) is 5.43 Å². The molecule has 0 saturated heterocycles. The van der Waals surface area contributed by atoms with Crippen molar-refractivity contribution in [3.8, 4) is 0 Å². The molecule has 0 bridgehead atoms. The van der Waals surface area contributed by atoms with Crippen molar-refractivity contribution in [2.45, 2.75) is 6.92 Å². The number of anilines is 1. The average Bonchev–Trinajstić information content (AvgIpc) is 2.65. The molecule has 0 atom stereocenters. The van der Waals surface area contributed by atoms with Gasteiger partial charge in [-0.2, -0.15) is 5.10 Å². The number of fused-ring (bicyclic) bond motifs is 1. The molecule has 7 nitrogen and oxygen atoms in total. The second kappa shape index (κ2) is 7.36. The van der Waals surface area contributed by atoms with Crippen LogP contribution >= 0.6 is 0 Å². The molecule has 2 aromatic carbocycles. The first kappa shape index (κ1) is 18.2. The Labute approximate surface area is 153 Å². The topological polar surface area (TPSA) is 90.3 Å². The summed E-state index contributed by atoms with van der Waals surface area (Å²) in [4.78, 5) is 36.6. The second-order valence-electron chi connectivity index (χ2n) is 5.71. The highest BCUT2D eigenvalue weighted by molar-refractivity contribution is 6.04. The van der Waals surface area contributed by atoms with Gasteiger partial charge < -0.3 is 10.1 Å². The van der Waals surface area contributed by atoms with E-state index in [-0.39, 0.29) is 17.7 Å². The number of esters is 1. The maximum absolute atomic E-state index is 13.5. The third-order valence-corrected chi connectivity index (χ3v) is 3.89. The zero-order valence-corrected chi connectivity index (χ0v) is 14.7. The van der Waals surface area contributed by atoms with E-state index < -0.39 is 23.1 Å². The van der Waals surface area contributed by atoms with E-state index in [1.165, 1.54) is 41.1 Å². The monoisotopic (exact) mass is 369 g/mol. The summed E-state index contributed by atoms with van der Waals surface area (Å²) < 4.78 is 19.7. The Morgan fingerprint density at radius 2 is 1.89 bits per heavy atom. The molecule has 0 aliphatic carbocycles. The molecule has 1 N–H and O–H groups in total. The van der Waals surface area contributed by atoms with Gasteiger partial charge in [0.15, 0.2) is 5.69 Å². The van der Waals surface area contributed by atoms with Crippen molar-refractivity contribution in [1.82, 2.24) is 9.78 Å². The van der Waals surface area contributed by atoms with E-state index in [2.05, 4.69) is 10.4 Å². The van der Waals surface area contributed by atoms with Crippen molar-refractivity contribution in [1.29, 1.82) is 0 Å². The van der Waals surface area contributed by atoms with Crippen LogP contribution in [-0.4, -0.2) is 28.3 Å². The normalized spacial score (nSPS) is 10.6. The van der Waals surface area contributed by atoms with Crippen LogP contribution in [-0.2, 0) is 11.8 Å². The number of hydrogen-bond acceptors (Lipinski definition) is 5. The third kappa shape index (κ3) is 3.69. The van der Waals surface area contributed by atoms with Crippen LogP contribution in [0, 0.1) is 5.82 Å². The van der Waals surface area contributed by atoms with Crippen LogP contribution in [0.4, 0.5) is 10.1 Å². The average molecular weight is 369 g/mol. The van der Waals surface area contributed by atoms with Crippen molar-refractivity contribution in [2.24, 2.45) is 7.05 Å². The number of aromatic nitrogens is 2. The number of aryl methyl sites for hydroxylation is 1. The first-order valence-corrected chi connectivity index (χ1v) is 8.16. The van der Waals surface area contributed by atoms with Gasteiger partial charge in [0.25, 0.3) is 5.91 Å². The maximum Gasteiger partial charge on any atom is 0.338 e. The number of halogens is 1. The van der Waals surface area contributed by atoms with E-state index in [9.17, 15) is 18.8 Å². The van der Waals surface area contributed by atoms with Gasteiger partial charge in [0.05, 0.1) is 23.1 Å². The molecule has 0 fully saturated rings. The largest absolute Gasteiger partial charge is 0.462 e. The highest BCUT2D eigenvalue weighted by atomic mass is 19.1. The van der Waals surface area contributed by atoms with E-state index in [4.69, 9.17) is 4.74 Å². The van der Waals surface area contributed by atoms with E-state index in [0.717, 1.165) is 6.07 Å². The molecule has 0 aliphatic heterocycles. The lowest BCUT2D eigenvalue weighted by molar-refractivity contribution is 0.0526. The SMILES string of the molecule is CCOC(=O)c1ccc(NC(=O)c2nn(C)c3ccc(F)cc3c2=O)cc1. The quantitative estimate of drug-likeness (QED) is 0.714. The number of rotatable bonds is 4. The van der Waals surface area contributed by atoms with Crippen LogP contribution in [0.3, 0.4) is 0 Å². The number of benzene rings is 2. The number of carbonyl (C=O) groups excluding carboxylic acids is 2. The molecule has 0 saturated carbocycles. The summed E-state index contributed by atoms with van der Waals surface area (Å²) in [6.07, 6.45) is 0. The van der Waals surface area contributed by atoms with E-state index in [1.807, 2.05) is 0 Å². The molecule has 3 aromatic rings. The predicted octanol–water partition coefficient (Wildman–Crippen LogP) is 2.50. The first-order chi connectivity index (χ1) is 12.9. The minimum absolute atomic E-state index is 0.0651. The standard InChI is InChI=1S/C19H16FN3O4/c1-3-27-19(26)11-4-7-13(8-5-11)21-18(25)16-17(24)14-10-12(20)6-9-15(14)23(2)22-16/h4-10H,3H2,1-2H3,(H,21,25). The Morgan fingerprint density at radius 1 is 1.19 bits per heavy atom. The van der Waals surface area contributed by atoms with Crippen molar-refractivity contribution >= 4 is 28.5 Å². The first-order valence-electron chi connectivity index (χ1n) is 8.16. The summed E-state index contributed by atoms with van der Waals surface area (Å²) in [6.45, 7) is 1.96. The van der Waals surface area contributed by atoms with Crippen LogP contribution in [0.2, 0.25) is 0 Å². The van der Waals surface area contributed by atoms with Crippen LogP contribution in [0.5, 0.6) is 0 Å². The third-order valence-electron chi connectivity index (χ3n) is 3.89. The van der Waals surface area contributed by atoms with Crippen molar-refractivity contribution in [3.05, 3.63) is 69.8 Å². The summed E-state index contributed by atoms with van der Waals surface area (Å²) in [7, 11) is 1.56. The van der Waals surface area contributed by atoms with Gasteiger partial charge in [-0.3, -0.25) is 14.3 Å². The van der Waals surface area contributed by atoms with Gasteiger partial charge in [-0.15, -0.1) is 0 Å². The Kier molecular flexibility index (Phi) is 4.98. The van der Waals surface area contributed by atoms with Gasteiger partial charge in [-0.1, -0.05) is 0 Å². The van der Waals surface area contributed by atoms with Gasteiger partial charge in [-0.25, -0.2) is 9.18 Å². The molecule has 0 radical (unpaired) electrons. The highest BCUT2D eigenvalue weighted by Gasteiger charge is 2.17. The molecule has 1 heterocycles. The zero-order valence-electron chi connectivity index (χ0n) is 14.7. The van der Waals surface area contributed by atoms with Gasteiger partial charge >= 0.3 is 5.97 Å². The molecule has 1 amide bonds. The summed E-state index contributed by atoms with van der Waals surface area (Å²) in [5, 5.41) is 6.60. The molecule has 0 aliphatic rings. The molecule has 138 valence electrons. The number of amides is 1.